The molecule has 5 rings (SSSR count). The minimum absolute atomic E-state index is 0.0232. The molecule has 1 aliphatic rings. The van der Waals surface area contributed by atoms with Crippen molar-refractivity contribution in [2.24, 2.45) is 13.0 Å². The van der Waals surface area contributed by atoms with Crippen molar-refractivity contribution >= 4 is 22.4 Å². The zero-order valence-corrected chi connectivity index (χ0v) is 19.9. The molecule has 1 N–H and O–H groups in total. The molecule has 1 amide bonds. The van der Waals surface area contributed by atoms with Gasteiger partial charge in [0.1, 0.15) is 28.5 Å². The highest BCUT2D eigenvalue weighted by molar-refractivity contribution is 7.15. The van der Waals surface area contributed by atoms with E-state index in [1.165, 1.54) is 13.3 Å². The van der Waals surface area contributed by atoms with Gasteiger partial charge in [-0.3, -0.25) is 19.8 Å². The maximum absolute atomic E-state index is 13.5. The summed E-state index contributed by atoms with van der Waals surface area (Å²) < 4.78 is 33.8. The van der Waals surface area contributed by atoms with E-state index in [1.54, 1.807) is 24.0 Å². The quantitative estimate of drug-likeness (QED) is 0.391. The first kappa shape index (κ1) is 23.4. The maximum atomic E-state index is 13.5. The van der Waals surface area contributed by atoms with Gasteiger partial charge in [0, 0.05) is 24.7 Å². The Morgan fingerprint density at radius 2 is 2.08 bits per heavy atom. The van der Waals surface area contributed by atoms with Gasteiger partial charge < -0.3 is 4.74 Å². The van der Waals surface area contributed by atoms with Crippen LogP contribution in [0, 0.1) is 17.8 Å². The second-order valence-corrected chi connectivity index (χ2v) is 8.82. The normalized spacial score (nSPS) is 12.8. The topological polar surface area (TPSA) is 121 Å². The van der Waals surface area contributed by atoms with Crippen LogP contribution in [0.25, 0.3) is 22.6 Å². The zero-order valence-electron chi connectivity index (χ0n) is 19.1. The third-order valence-electron chi connectivity index (χ3n) is 5.16. The van der Waals surface area contributed by atoms with Gasteiger partial charge in [0.25, 0.3) is 12.3 Å². The second kappa shape index (κ2) is 9.74. The van der Waals surface area contributed by atoms with Crippen LogP contribution < -0.4 is 10.1 Å². The highest BCUT2D eigenvalue weighted by atomic mass is 32.1. The summed E-state index contributed by atoms with van der Waals surface area (Å²) >= 11 is 1.12. The number of anilines is 1. The maximum Gasteiger partial charge on any atom is 0.280 e. The van der Waals surface area contributed by atoms with Crippen LogP contribution in [0.2, 0.25) is 0 Å². The van der Waals surface area contributed by atoms with Crippen molar-refractivity contribution in [3.63, 3.8) is 0 Å². The first-order valence-electron chi connectivity index (χ1n) is 10.8. The molecule has 4 aromatic heterocycles. The molecule has 10 nitrogen and oxygen atoms in total. The van der Waals surface area contributed by atoms with Gasteiger partial charge in [-0.15, -0.1) is 10.2 Å². The van der Waals surface area contributed by atoms with E-state index in [1.807, 2.05) is 0 Å². The average Bonchev–Trinajstić information content (AvgIpc) is 3.44. The van der Waals surface area contributed by atoms with Crippen molar-refractivity contribution in [3.05, 3.63) is 47.1 Å². The molecule has 4 aromatic rings. The summed E-state index contributed by atoms with van der Waals surface area (Å²) in [7, 11) is 3.11. The molecule has 1 fully saturated rings. The van der Waals surface area contributed by atoms with E-state index in [4.69, 9.17) is 4.74 Å². The Balaban J connectivity index is 1.55. The third-order valence-corrected chi connectivity index (χ3v) is 5.91. The summed E-state index contributed by atoms with van der Waals surface area (Å²) in [4.78, 5) is 25.8. The molecule has 0 atom stereocenters. The van der Waals surface area contributed by atoms with Gasteiger partial charge in [-0.1, -0.05) is 17.3 Å². The number of ether oxygens (including phenoxy) is 1. The van der Waals surface area contributed by atoms with Crippen molar-refractivity contribution in [2.45, 2.75) is 19.3 Å². The fourth-order valence-corrected chi connectivity index (χ4v) is 3.82. The summed E-state index contributed by atoms with van der Waals surface area (Å²) in [6, 6.07) is 2.84. The zero-order chi connectivity index (χ0) is 25.2. The number of carbonyl (C=O) groups is 1. The monoisotopic (exact) mass is 508 g/mol. The number of hydrogen-bond acceptors (Lipinski definition) is 9. The van der Waals surface area contributed by atoms with E-state index in [9.17, 15) is 13.6 Å². The Morgan fingerprint density at radius 3 is 2.78 bits per heavy atom. The number of nitrogens with one attached hydrogen (secondary N) is 1. The average molecular weight is 509 g/mol. The van der Waals surface area contributed by atoms with Crippen LogP contribution in [0.1, 0.15) is 40.5 Å². The van der Waals surface area contributed by atoms with E-state index in [0.717, 1.165) is 36.4 Å². The van der Waals surface area contributed by atoms with Crippen molar-refractivity contribution < 1.29 is 18.3 Å². The van der Waals surface area contributed by atoms with Crippen molar-refractivity contribution in [2.75, 3.05) is 12.4 Å². The molecule has 0 aliphatic heterocycles. The van der Waals surface area contributed by atoms with Crippen molar-refractivity contribution in [1.82, 2.24) is 34.9 Å². The lowest BCUT2D eigenvalue weighted by Crippen LogP contribution is -2.16. The molecular formula is C23H18F2N8O2S. The van der Waals surface area contributed by atoms with Crippen LogP contribution in [0.15, 0.2) is 30.7 Å². The predicted molar refractivity (Wildman–Crippen MR) is 126 cm³/mol. The molecule has 1 aliphatic carbocycles. The molecule has 182 valence electrons. The Labute approximate surface area is 207 Å². The van der Waals surface area contributed by atoms with Crippen molar-refractivity contribution in [3.8, 4) is 40.2 Å². The summed E-state index contributed by atoms with van der Waals surface area (Å²) in [5.74, 6) is 5.93. The highest BCUT2D eigenvalue weighted by Gasteiger charge is 2.24. The molecule has 0 bridgehead atoms. The first-order chi connectivity index (χ1) is 17.4. The summed E-state index contributed by atoms with van der Waals surface area (Å²) in [5.41, 5.74) is 0.364. The molecule has 0 unspecified atom stereocenters. The largest absolute Gasteiger partial charge is 0.494 e. The van der Waals surface area contributed by atoms with Crippen molar-refractivity contribution in [1.29, 1.82) is 0 Å². The van der Waals surface area contributed by atoms with Crippen LogP contribution in [0.3, 0.4) is 0 Å². The molecule has 4 heterocycles. The lowest BCUT2D eigenvalue weighted by molar-refractivity contribution is 0.102. The number of rotatable bonds is 6. The molecule has 0 aromatic carbocycles. The van der Waals surface area contributed by atoms with E-state index in [0.29, 0.717) is 22.3 Å². The number of carbonyl (C=O) groups excluding carboxylic acids is 1. The fraction of sp³-hybridized carbons (Fsp3) is 0.261. The fourth-order valence-electron chi connectivity index (χ4n) is 3.22. The molecule has 0 saturated heterocycles. The van der Waals surface area contributed by atoms with Crippen LogP contribution >= 0.6 is 11.3 Å². The van der Waals surface area contributed by atoms with Crippen LogP contribution in [-0.4, -0.2) is 47.9 Å². The van der Waals surface area contributed by atoms with Gasteiger partial charge in [-0.05, 0) is 30.9 Å². The number of aryl methyl sites for hydroxylation is 1. The predicted octanol–water partition coefficient (Wildman–Crippen LogP) is 3.75. The minimum atomic E-state index is -2.84. The Bertz CT molecular complexity index is 1500. The number of methoxy groups -OCH3 is 1. The Hall–Kier alpha value is -4.31. The first-order valence-corrected chi connectivity index (χ1v) is 11.6. The third kappa shape index (κ3) is 5.03. The van der Waals surface area contributed by atoms with Gasteiger partial charge in [-0.2, -0.15) is 5.10 Å². The van der Waals surface area contributed by atoms with Gasteiger partial charge >= 0.3 is 0 Å². The van der Waals surface area contributed by atoms with Gasteiger partial charge in [0.05, 0.1) is 19.5 Å². The number of halogens is 2. The summed E-state index contributed by atoms with van der Waals surface area (Å²) in [6.45, 7) is 0. The highest BCUT2D eigenvalue weighted by Crippen LogP contribution is 2.34. The van der Waals surface area contributed by atoms with E-state index >= 15 is 0 Å². The lowest BCUT2D eigenvalue weighted by Gasteiger charge is -2.13. The number of aromatic nitrogens is 7. The lowest BCUT2D eigenvalue weighted by atomic mass is 10.1. The minimum Gasteiger partial charge on any atom is -0.494 e. The standard InChI is InChI=1S/C23H18F2N8O2S/c1-33-8-7-14(32-33)16-10-27-20(19(28-16)13-9-15(21(24)25)26-11-17(13)35-2)22(34)29-23-31-30-18(36-23)6-5-12-3-4-12/h7-12,21H,3-4H2,1-2H3,(H,29,31,34). The number of amides is 1. The molecular weight excluding hydrogens is 490 g/mol. The van der Waals surface area contributed by atoms with Gasteiger partial charge in [-0.25, -0.2) is 18.7 Å². The molecule has 13 heteroatoms. The molecule has 1 saturated carbocycles. The SMILES string of the molecule is COc1cnc(C(F)F)cc1-c1nc(-c2ccn(C)n2)cnc1C(=O)Nc1nnc(C#CC2CC2)s1. The van der Waals surface area contributed by atoms with E-state index < -0.39 is 18.0 Å². The number of pyridine rings is 1. The Kier molecular flexibility index (Phi) is 6.34. The van der Waals surface area contributed by atoms with Crippen LogP contribution in [0.4, 0.5) is 13.9 Å². The number of alkyl halides is 2. The van der Waals surface area contributed by atoms with Crippen LogP contribution in [-0.2, 0) is 7.05 Å². The van der Waals surface area contributed by atoms with Crippen LogP contribution in [0.5, 0.6) is 5.75 Å². The Morgan fingerprint density at radius 1 is 1.25 bits per heavy atom. The van der Waals surface area contributed by atoms with E-state index in [2.05, 4.69) is 47.4 Å². The van der Waals surface area contributed by atoms with Gasteiger partial charge in [0.2, 0.25) is 5.13 Å². The molecule has 0 radical (unpaired) electrons. The molecule has 36 heavy (non-hydrogen) atoms. The summed E-state index contributed by atoms with van der Waals surface area (Å²) in [5, 5.41) is 15.6. The smallest absolute Gasteiger partial charge is 0.280 e. The van der Waals surface area contributed by atoms with Gasteiger partial charge in [0.15, 0.2) is 10.7 Å². The second-order valence-electron chi connectivity index (χ2n) is 7.85. The molecule has 0 spiro atoms. The summed E-state index contributed by atoms with van der Waals surface area (Å²) in [6.07, 6.45) is 3.58. The number of nitrogens with zero attached hydrogens (tertiary/aromatic N) is 7. The number of hydrogen-bond donors (Lipinski definition) is 1. The van der Waals surface area contributed by atoms with E-state index in [-0.39, 0.29) is 27.8 Å².